The van der Waals surface area contributed by atoms with E-state index in [0.29, 0.717) is 21.8 Å². The van der Waals surface area contributed by atoms with Crippen molar-refractivity contribution in [3.8, 4) is 11.5 Å². The van der Waals surface area contributed by atoms with E-state index in [1.165, 1.54) is 12.0 Å². The summed E-state index contributed by atoms with van der Waals surface area (Å²) >= 11 is 3.09. The van der Waals surface area contributed by atoms with Crippen LogP contribution in [-0.2, 0) is 11.3 Å². The molecule has 0 unspecified atom stereocenters. The summed E-state index contributed by atoms with van der Waals surface area (Å²) in [4.78, 5) is 40.2. The Morgan fingerprint density at radius 2 is 1.70 bits per heavy atom. The molecule has 1 fully saturated rings. The van der Waals surface area contributed by atoms with E-state index in [1.807, 2.05) is 54.6 Å². The van der Waals surface area contributed by atoms with Gasteiger partial charge in [-0.05, 0) is 92.7 Å². The molecular weight excluding hydrogens is 601 g/mol. The van der Waals surface area contributed by atoms with Gasteiger partial charge in [0.1, 0.15) is 0 Å². The van der Waals surface area contributed by atoms with Gasteiger partial charge in [0.25, 0.3) is 11.1 Å². The number of nitrogens with zero attached hydrogens (tertiary/aromatic N) is 1. The topological polar surface area (TPSA) is 72.9 Å². The first-order valence-electron chi connectivity index (χ1n) is 11.3. The van der Waals surface area contributed by atoms with Crippen molar-refractivity contribution in [2.45, 2.75) is 6.54 Å². The molecule has 184 valence electrons. The number of carbonyl (C=O) groups excluding carboxylic acids is 3. The van der Waals surface area contributed by atoms with Crippen LogP contribution in [0.1, 0.15) is 21.5 Å². The summed E-state index contributed by atoms with van der Waals surface area (Å²) < 4.78 is 12.2. The predicted molar refractivity (Wildman–Crippen MR) is 153 cm³/mol. The first-order chi connectivity index (χ1) is 17.9. The highest BCUT2D eigenvalue weighted by molar-refractivity contribution is 14.1. The van der Waals surface area contributed by atoms with Crippen LogP contribution in [0.5, 0.6) is 11.5 Å². The first-order valence-corrected chi connectivity index (χ1v) is 13.2. The van der Waals surface area contributed by atoms with E-state index in [2.05, 4.69) is 22.6 Å². The second-order valence-corrected chi connectivity index (χ2v) is 10.5. The van der Waals surface area contributed by atoms with Crippen molar-refractivity contribution in [2.75, 3.05) is 7.11 Å². The molecule has 0 bridgehead atoms. The van der Waals surface area contributed by atoms with Crippen LogP contribution < -0.4 is 9.47 Å². The van der Waals surface area contributed by atoms with Gasteiger partial charge in [-0.2, -0.15) is 0 Å². The molecule has 5 rings (SSSR count). The number of thioether (sulfide) groups is 1. The summed E-state index contributed by atoms with van der Waals surface area (Å²) in [6.07, 6.45) is 1.62. The number of halogens is 1. The van der Waals surface area contributed by atoms with E-state index in [0.717, 1.165) is 31.7 Å². The molecule has 4 aromatic carbocycles. The van der Waals surface area contributed by atoms with Crippen LogP contribution in [0.25, 0.3) is 16.8 Å². The molecule has 2 amide bonds. The van der Waals surface area contributed by atoms with Crippen molar-refractivity contribution in [1.29, 1.82) is 0 Å². The Balaban J connectivity index is 1.39. The van der Waals surface area contributed by atoms with Crippen molar-refractivity contribution in [3.05, 3.63) is 110 Å². The lowest BCUT2D eigenvalue weighted by Gasteiger charge is -2.12. The van der Waals surface area contributed by atoms with Gasteiger partial charge >= 0.3 is 5.97 Å². The maximum atomic E-state index is 13.1. The van der Waals surface area contributed by atoms with Crippen LogP contribution in [0, 0.1) is 3.57 Å². The molecule has 0 radical (unpaired) electrons. The average molecular weight is 621 g/mol. The summed E-state index contributed by atoms with van der Waals surface area (Å²) in [6.45, 7) is 0.204. The van der Waals surface area contributed by atoms with E-state index in [-0.39, 0.29) is 23.4 Å². The number of amides is 2. The van der Waals surface area contributed by atoms with Gasteiger partial charge in [0.2, 0.25) is 0 Å². The number of hydrogen-bond donors (Lipinski definition) is 0. The summed E-state index contributed by atoms with van der Waals surface area (Å²) in [5.74, 6) is -0.298. The lowest BCUT2D eigenvalue weighted by Crippen LogP contribution is -2.27. The quantitative estimate of drug-likeness (QED) is 0.101. The fourth-order valence-electron chi connectivity index (χ4n) is 3.98. The third-order valence-corrected chi connectivity index (χ3v) is 7.45. The van der Waals surface area contributed by atoms with Crippen LogP contribution in [0.15, 0.2) is 89.8 Å². The number of carbonyl (C=O) groups is 3. The zero-order valence-electron chi connectivity index (χ0n) is 19.6. The van der Waals surface area contributed by atoms with Crippen LogP contribution in [-0.4, -0.2) is 29.1 Å². The smallest absolute Gasteiger partial charge is 0.344 e. The molecule has 8 heteroatoms. The van der Waals surface area contributed by atoms with Crippen LogP contribution >= 0.6 is 34.4 Å². The van der Waals surface area contributed by atoms with Crippen molar-refractivity contribution in [1.82, 2.24) is 4.90 Å². The Kier molecular flexibility index (Phi) is 7.29. The molecule has 0 spiro atoms. The van der Waals surface area contributed by atoms with Crippen molar-refractivity contribution < 1.29 is 23.9 Å². The lowest BCUT2D eigenvalue weighted by atomic mass is 10.0. The Labute approximate surface area is 231 Å². The largest absolute Gasteiger partial charge is 0.493 e. The van der Waals surface area contributed by atoms with E-state index < -0.39 is 5.97 Å². The van der Waals surface area contributed by atoms with Crippen LogP contribution in [0.4, 0.5) is 4.79 Å². The molecule has 1 heterocycles. The highest BCUT2D eigenvalue weighted by Gasteiger charge is 2.35. The van der Waals surface area contributed by atoms with E-state index >= 15 is 0 Å². The summed E-state index contributed by atoms with van der Waals surface area (Å²) in [5, 5.41) is 1.39. The summed E-state index contributed by atoms with van der Waals surface area (Å²) in [7, 11) is 1.49. The van der Waals surface area contributed by atoms with Gasteiger partial charge in [0, 0.05) is 3.57 Å². The van der Waals surface area contributed by atoms with Gasteiger partial charge in [-0.25, -0.2) is 4.79 Å². The van der Waals surface area contributed by atoms with E-state index in [4.69, 9.17) is 9.47 Å². The normalized spacial score (nSPS) is 14.4. The molecular formula is C29H20INO5S. The van der Waals surface area contributed by atoms with Gasteiger partial charge in [-0.15, -0.1) is 0 Å². The minimum atomic E-state index is -0.523. The van der Waals surface area contributed by atoms with Gasteiger partial charge in [0.05, 0.1) is 24.1 Å². The molecule has 0 aliphatic carbocycles. The number of benzene rings is 4. The number of ether oxygens (including phenoxy) is 2. The minimum Gasteiger partial charge on any atom is -0.493 e. The zero-order valence-corrected chi connectivity index (χ0v) is 22.6. The van der Waals surface area contributed by atoms with Gasteiger partial charge in [0.15, 0.2) is 11.5 Å². The molecule has 1 aliphatic rings. The Hall–Kier alpha value is -3.63. The molecule has 37 heavy (non-hydrogen) atoms. The van der Waals surface area contributed by atoms with Gasteiger partial charge in [-0.3, -0.25) is 14.5 Å². The van der Waals surface area contributed by atoms with Gasteiger partial charge in [-0.1, -0.05) is 54.6 Å². The highest BCUT2D eigenvalue weighted by atomic mass is 127. The number of esters is 1. The third-order valence-electron chi connectivity index (χ3n) is 5.83. The van der Waals surface area contributed by atoms with E-state index in [1.54, 1.807) is 36.4 Å². The molecule has 6 nitrogen and oxygen atoms in total. The second kappa shape index (κ2) is 10.8. The molecule has 0 aromatic heterocycles. The van der Waals surface area contributed by atoms with Crippen molar-refractivity contribution >= 4 is 68.3 Å². The standard InChI is InChI=1S/C29H20INO5S/c1-35-24-14-11-19(15-25(24)36-28(33)23-8-4-6-20-5-2-3-7-22(20)23)16-26-27(32)31(29(34)37-26)17-18-9-12-21(30)13-10-18/h2-16H,17H2,1H3/b26-16-. The molecule has 0 N–H and O–H groups in total. The third kappa shape index (κ3) is 5.40. The van der Waals surface area contributed by atoms with Crippen molar-refractivity contribution in [2.24, 2.45) is 0 Å². The lowest BCUT2D eigenvalue weighted by molar-refractivity contribution is -0.123. The maximum absolute atomic E-state index is 13.1. The highest BCUT2D eigenvalue weighted by Crippen LogP contribution is 2.36. The summed E-state index contributed by atoms with van der Waals surface area (Å²) in [6, 6.07) is 25.7. The fourth-order valence-corrected chi connectivity index (χ4v) is 5.18. The molecule has 4 aromatic rings. The van der Waals surface area contributed by atoms with Crippen molar-refractivity contribution in [3.63, 3.8) is 0 Å². The number of imide groups is 1. The monoisotopic (exact) mass is 621 g/mol. The van der Waals surface area contributed by atoms with Crippen LogP contribution in [0.3, 0.4) is 0 Å². The Bertz CT molecular complexity index is 1560. The number of fused-ring (bicyclic) bond motifs is 1. The van der Waals surface area contributed by atoms with Gasteiger partial charge < -0.3 is 9.47 Å². The second-order valence-electron chi connectivity index (χ2n) is 8.22. The molecule has 0 saturated carbocycles. The molecule has 0 atom stereocenters. The Morgan fingerprint density at radius 3 is 2.49 bits per heavy atom. The number of methoxy groups -OCH3 is 1. The number of hydrogen-bond acceptors (Lipinski definition) is 6. The molecule has 1 aliphatic heterocycles. The van der Waals surface area contributed by atoms with E-state index in [9.17, 15) is 14.4 Å². The fraction of sp³-hybridized carbons (Fsp3) is 0.0690. The zero-order chi connectivity index (χ0) is 25.9. The molecule has 1 saturated heterocycles. The summed E-state index contributed by atoms with van der Waals surface area (Å²) in [5.41, 5.74) is 1.90. The first kappa shape index (κ1) is 25.0. The Morgan fingerprint density at radius 1 is 0.946 bits per heavy atom. The predicted octanol–water partition coefficient (Wildman–Crippen LogP) is 6.91. The van der Waals surface area contributed by atoms with Crippen LogP contribution in [0.2, 0.25) is 0 Å². The minimum absolute atomic E-state index is 0.204. The maximum Gasteiger partial charge on any atom is 0.344 e. The number of rotatable bonds is 6. The average Bonchev–Trinajstić information content (AvgIpc) is 3.17. The SMILES string of the molecule is COc1ccc(/C=C2\SC(=O)N(Cc3ccc(I)cc3)C2=O)cc1OC(=O)c1cccc2ccccc12.